The van der Waals surface area contributed by atoms with Crippen molar-refractivity contribution in [1.82, 2.24) is 0 Å². The molecule has 0 radical (unpaired) electrons. The Labute approximate surface area is 176 Å². The van der Waals surface area contributed by atoms with E-state index in [2.05, 4.69) is 6.92 Å². The largest absolute Gasteiger partial charge is 0.396 e. The van der Waals surface area contributed by atoms with Gasteiger partial charge in [0.25, 0.3) is 0 Å². The lowest BCUT2D eigenvalue weighted by atomic mass is 9.68. The highest BCUT2D eigenvalue weighted by atomic mass is 19.1. The highest BCUT2D eigenvalue weighted by molar-refractivity contribution is 5.29. The van der Waals surface area contributed by atoms with Gasteiger partial charge in [-0.05, 0) is 92.7 Å². The monoisotopic (exact) mass is 406 g/mol. The van der Waals surface area contributed by atoms with E-state index in [1.54, 1.807) is 12.1 Å². The van der Waals surface area contributed by atoms with Crippen LogP contribution in [0.25, 0.3) is 0 Å². The van der Waals surface area contributed by atoms with Crippen molar-refractivity contribution in [2.24, 2.45) is 17.8 Å². The molecule has 3 rings (SSSR count). The van der Waals surface area contributed by atoms with Crippen LogP contribution in [0.2, 0.25) is 0 Å². The summed E-state index contributed by atoms with van der Waals surface area (Å²) >= 11 is 0. The Kier molecular flexibility index (Phi) is 8.96. The average Bonchev–Trinajstić information content (AvgIpc) is 2.74. The lowest BCUT2D eigenvalue weighted by Gasteiger charge is -2.38. The molecule has 0 aromatic heterocycles. The van der Waals surface area contributed by atoms with Gasteiger partial charge in [-0.2, -0.15) is 0 Å². The Morgan fingerprint density at radius 1 is 0.828 bits per heavy atom. The van der Waals surface area contributed by atoms with E-state index in [0.29, 0.717) is 12.3 Å². The van der Waals surface area contributed by atoms with Gasteiger partial charge in [0, 0.05) is 12.2 Å². The van der Waals surface area contributed by atoms with Crippen LogP contribution in [0, 0.1) is 29.4 Å². The van der Waals surface area contributed by atoms with Crippen molar-refractivity contribution in [3.05, 3.63) is 34.9 Å². The number of hydrogen-bond donors (Lipinski definition) is 1. The zero-order valence-electron chi connectivity index (χ0n) is 18.3. The van der Waals surface area contributed by atoms with Crippen LogP contribution < -0.4 is 0 Å². The Hall–Kier alpha value is -0.960. The summed E-state index contributed by atoms with van der Waals surface area (Å²) in [6, 6.07) is 3.12. The van der Waals surface area contributed by atoms with Crippen molar-refractivity contribution in [3.8, 4) is 0 Å². The van der Waals surface area contributed by atoms with E-state index in [1.165, 1.54) is 64.2 Å². The van der Waals surface area contributed by atoms with E-state index >= 15 is 0 Å². The molecule has 2 fully saturated rings. The predicted molar refractivity (Wildman–Crippen MR) is 116 cm³/mol. The van der Waals surface area contributed by atoms with E-state index in [-0.39, 0.29) is 18.6 Å². The standard InChI is InChI=1S/C26H40F2O/c1-2-3-4-6-19-8-10-20(11-9-19)21-12-14-22(15-13-21)23-17-25(27)24(7-5-16-29)26(28)18-23/h17-22,29H,2-16H2,1H3. The summed E-state index contributed by atoms with van der Waals surface area (Å²) in [5.74, 6) is 2.10. The molecule has 0 atom stereocenters. The molecule has 2 aliphatic carbocycles. The SMILES string of the molecule is CCCCCC1CCC(C2CCC(c3cc(F)c(CCCO)c(F)c3)CC2)CC1. The minimum absolute atomic E-state index is 0.0364. The molecule has 0 saturated heterocycles. The van der Waals surface area contributed by atoms with E-state index in [9.17, 15) is 8.78 Å². The van der Waals surface area contributed by atoms with Gasteiger partial charge in [-0.25, -0.2) is 8.78 Å². The first-order valence-electron chi connectivity index (χ1n) is 12.2. The molecule has 1 aromatic carbocycles. The second-order valence-corrected chi connectivity index (χ2v) is 9.68. The molecule has 1 aromatic rings. The molecular weight excluding hydrogens is 366 g/mol. The third-order valence-electron chi connectivity index (χ3n) is 7.77. The first-order chi connectivity index (χ1) is 14.1. The van der Waals surface area contributed by atoms with E-state index in [4.69, 9.17) is 5.11 Å². The lowest BCUT2D eigenvalue weighted by Crippen LogP contribution is -2.25. The number of benzene rings is 1. The van der Waals surface area contributed by atoms with Gasteiger partial charge in [0.1, 0.15) is 11.6 Å². The maximum Gasteiger partial charge on any atom is 0.129 e. The van der Waals surface area contributed by atoms with Crippen LogP contribution in [0.4, 0.5) is 8.78 Å². The molecule has 0 aliphatic heterocycles. The van der Waals surface area contributed by atoms with Crippen molar-refractivity contribution >= 4 is 0 Å². The molecule has 3 heteroatoms. The van der Waals surface area contributed by atoms with Gasteiger partial charge in [-0.1, -0.05) is 45.4 Å². The van der Waals surface area contributed by atoms with Crippen molar-refractivity contribution in [1.29, 1.82) is 0 Å². The van der Waals surface area contributed by atoms with E-state index in [1.807, 2.05) is 0 Å². The molecule has 0 spiro atoms. The Bertz CT molecular complexity index is 590. The summed E-state index contributed by atoms with van der Waals surface area (Å²) < 4.78 is 28.8. The number of aliphatic hydroxyl groups is 1. The minimum Gasteiger partial charge on any atom is -0.396 e. The summed E-state index contributed by atoms with van der Waals surface area (Å²) in [4.78, 5) is 0. The molecule has 164 valence electrons. The molecule has 2 saturated carbocycles. The second-order valence-electron chi connectivity index (χ2n) is 9.68. The number of unbranched alkanes of at least 4 members (excludes halogenated alkanes) is 2. The Morgan fingerprint density at radius 3 is 1.97 bits per heavy atom. The van der Waals surface area contributed by atoms with Crippen molar-refractivity contribution in [2.45, 2.75) is 103 Å². The molecule has 1 nitrogen and oxygen atoms in total. The smallest absolute Gasteiger partial charge is 0.129 e. The first kappa shape index (κ1) is 22.7. The second kappa shape index (κ2) is 11.4. The van der Waals surface area contributed by atoms with Crippen LogP contribution in [0.15, 0.2) is 12.1 Å². The molecule has 29 heavy (non-hydrogen) atoms. The van der Waals surface area contributed by atoms with Gasteiger partial charge in [-0.15, -0.1) is 0 Å². The van der Waals surface area contributed by atoms with Gasteiger partial charge in [0.2, 0.25) is 0 Å². The molecule has 2 aliphatic rings. The summed E-state index contributed by atoms with van der Waals surface area (Å²) in [6.07, 6.45) is 16.4. The molecular formula is C26H40F2O. The molecule has 0 amide bonds. The van der Waals surface area contributed by atoms with Crippen molar-refractivity contribution < 1.29 is 13.9 Å². The van der Waals surface area contributed by atoms with Crippen molar-refractivity contribution in [3.63, 3.8) is 0 Å². The Balaban J connectivity index is 1.47. The first-order valence-corrected chi connectivity index (χ1v) is 12.2. The topological polar surface area (TPSA) is 20.2 Å². The maximum atomic E-state index is 14.4. The minimum atomic E-state index is -0.433. The van der Waals surface area contributed by atoms with Crippen LogP contribution in [0.1, 0.15) is 107 Å². The Morgan fingerprint density at radius 2 is 1.41 bits per heavy atom. The molecule has 0 bridgehead atoms. The van der Waals surface area contributed by atoms with Crippen LogP contribution in [0.5, 0.6) is 0 Å². The molecule has 0 heterocycles. The van der Waals surface area contributed by atoms with Crippen molar-refractivity contribution in [2.75, 3.05) is 6.61 Å². The number of halogens is 2. The zero-order valence-corrected chi connectivity index (χ0v) is 18.3. The number of aliphatic hydroxyl groups excluding tert-OH is 1. The lowest BCUT2D eigenvalue weighted by molar-refractivity contribution is 0.155. The van der Waals surface area contributed by atoms with Gasteiger partial charge in [0.05, 0.1) is 0 Å². The van der Waals surface area contributed by atoms with Gasteiger partial charge in [-0.3, -0.25) is 0 Å². The fourth-order valence-corrected chi connectivity index (χ4v) is 5.91. The van der Waals surface area contributed by atoms with Crippen LogP contribution in [0.3, 0.4) is 0 Å². The predicted octanol–water partition coefficient (Wildman–Crippen LogP) is 7.55. The number of hydrogen-bond acceptors (Lipinski definition) is 1. The summed E-state index contributed by atoms with van der Waals surface area (Å²) in [5, 5.41) is 8.92. The van der Waals surface area contributed by atoms with Gasteiger partial charge < -0.3 is 5.11 Å². The van der Waals surface area contributed by atoms with Crippen LogP contribution in [-0.4, -0.2) is 11.7 Å². The zero-order chi connectivity index (χ0) is 20.6. The van der Waals surface area contributed by atoms with Crippen LogP contribution in [-0.2, 0) is 6.42 Å². The number of rotatable bonds is 9. The molecule has 1 N–H and O–H groups in total. The quantitative estimate of drug-likeness (QED) is 0.420. The third kappa shape index (κ3) is 6.26. The highest BCUT2D eigenvalue weighted by Gasteiger charge is 2.31. The fourth-order valence-electron chi connectivity index (χ4n) is 5.91. The highest BCUT2D eigenvalue weighted by Crippen LogP contribution is 2.44. The average molecular weight is 407 g/mol. The fraction of sp³-hybridized carbons (Fsp3) is 0.769. The molecule has 0 unspecified atom stereocenters. The maximum absolute atomic E-state index is 14.4. The summed E-state index contributed by atoms with van der Waals surface area (Å²) in [5.41, 5.74) is 0.970. The van der Waals surface area contributed by atoms with Gasteiger partial charge in [0.15, 0.2) is 0 Å². The summed E-state index contributed by atoms with van der Waals surface area (Å²) in [7, 11) is 0. The van der Waals surface area contributed by atoms with Gasteiger partial charge >= 0.3 is 0 Å². The summed E-state index contributed by atoms with van der Waals surface area (Å²) in [6.45, 7) is 2.24. The van der Waals surface area contributed by atoms with E-state index < -0.39 is 11.6 Å². The van der Waals surface area contributed by atoms with Crippen LogP contribution >= 0.6 is 0 Å². The normalized spacial score (nSPS) is 27.9. The third-order valence-corrected chi connectivity index (χ3v) is 7.77. The van der Waals surface area contributed by atoms with E-state index in [0.717, 1.165) is 36.2 Å².